The second-order valence-corrected chi connectivity index (χ2v) is 3.18. The highest BCUT2D eigenvalue weighted by Gasteiger charge is 2.28. The van der Waals surface area contributed by atoms with Crippen LogP contribution >= 0.6 is 0 Å². The van der Waals surface area contributed by atoms with E-state index in [9.17, 15) is 0 Å². The summed E-state index contributed by atoms with van der Waals surface area (Å²) in [4.78, 5) is 0. The summed E-state index contributed by atoms with van der Waals surface area (Å²) in [6.07, 6.45) is 2.47. The molecule has 1 aliphatic rings. The van der Waals surface area contributed by atoms with Gasteiger partial charge < -0.3 is 4.74 Å². The highest BCUT2D eigenvalue weighted by Crippen LogP contribution is 2.28. The van der Waals surface area contributed by atoms with Crippen molar-refractivity contribution >= 4 is 0 Å². The van der Waals surface area contributed by atoms with Crippen LogP contribution in [0, 0.1) is 0 Å². The van der Waals surface area contributed by atoms with E-state index in [1.807, 2.05) is 0 Å². The van der Waals surface area contributed by atoms with E-state index in [0.29, 0.717) is 6.10 Å². The molecule has 1 heterocycles. The SMILES string of the molecule is CC1=CC(C)OC1(C)C. The van der Waals surface area contributed by atoms with Crippen molar-refractivity contribution in [2.75, 3.05) is 0 Å². The molecule has 1 heteroatoms. The van der Waals surface area contributed by atoms with Gasteiger partial charge in [-0.05, 0) is 33.3 Å². The van der Waals surface area contributed by atoms with Crippen LogP contribution in [0.15, 0.2) is 11.6 Å². The van der Waals surface area contributed by atoms with Crippen LogP contribution in [-0.2, 0) is 4.74 Å². The predicted molar refractivity (Wildman–Crippen MR) is 38.4 cm³/mol. The molecule has 52 valence electrons. The molecular formula is C8H14O. The largest absolute Gasteiger partial charge is 0.364 e. The first-order valence-electron chi connectivity index (χ1n) is 3.39. The molecule has 0 fully saturated rings. The lowest BCUT2D eigenvalue weighted by molar-refractivity contribution is 0.00484. The Morgan fingerprint density at radius 1 is 1.56 bits per heavy atom. The Morgan fingerprint density at radius 3 is 2.22 bits per heavy atom. The summed E-state index contributed by atoms with van der Waals surface area (Å²) in [7, 11) is 0. The summed E-state index contributed by atoms with van der Waals surface area (Å²) >= 11 is 0. The Labute approximate surface area is 56.7 Å². The van der Waals surface area contributed by atoms with E-state index in [-0.39, 0.29) is 5.60 Å². The zero-order chi connectivity index (χ0) is 7.07. The van der Waals surface area contributed by atoms with Gasteiger partial charge in [0.2, 0.25) is 0 Å². The molecular weight excluding hydrogens is 112 g/mol. The Morgan fingerprint density at radius 2 is 2.11 bits per heavy atom. The first-order chi connectivity index (χ1) is 4.02. The topological polar surface area (TPSA) is 9.23 Å². The third-order valence-electron chi connectivity index (χ3n) is 1.91. The van der Waals surface area contributed by atoms with Gasteiger partial charge in [0.25, 0.3) is 0 Å². The molecule has 0 aromatic carbocycles. The van der Waals surface area contributed by atoms with Crippen LogP contribution in [0.3, 0.4) is 0 Å². The summed E-state index contributed by atoms with van der Waals surface area (Å²) < 4.78 is 5.57. The molecule has 0 N–H and O–H groups in total. The summed E-state index contributed by atoms with van der Waals surface area (Å²) in [5.41, 5.74) is 1.33. The van der Waals surface area contributed by atoms with Crippen molar-refractivity contribution in [3.05, 3.63) is 11.6 Å². The average Bonchev–Trinajstić information content (AvgIpc) is 1.79. The normalized spacial score (nSPS) is 32.4. The molecule has 1 nitrogen and oxygen atoms in total. The number of hydrogen-bond donors (Lipinski definition) is 0. The van der Waals surface area contributed by atoms with Crippen molar-refractivity contribution < 1.29 is 4.74 Å². The van der Waals surface area contributed by atoms with E-state index in [1.54, 1.807) is 0 Å². The standard InChI is InChI=1S/C8H14O/c1-6-5-7(2)9-8(6,3)4/h5,7H,1-4H3. The van der Waals surface area contributed by atoms with Gasteiger partial charge in [-0.3, -0.25) is 0 Å². The second-order valence-electron chi connectivity index (χ2n) is 3.18. The van der Waals surface area contributed by atoms with Crippen molar-refractivity contribution in [1.82, 2.24) is 0 Å². The second kappa shape index (κ2) is 1.84. The maximum atomic E-state index is 5.57. The van der Waals surface area contributed by atoms with E-state index >= 15 is 0 Å². The van der Waals surface area contributed by atoms with Crippen LogP contribution in [0.4, 0.5) is 0 Å². The maximum absolute atomic E-state index is 5.57. The van der Waals surface area contributed by atoms with Gasteiger partial charge in [0.1, 0.15) is 0 Å². The molecule has 0 aliphatic carbocycles. The maximum Gasteiger partial charge on any atom is 0.0841 e. The molecule has 0 radical (unpaired) electrons. The first-order valence-corrected chi connectivity index (χ1v) is 3.39. The summed E-state index contributed by atoms with van der Waals surface area (Å²) in [6, 6.07) is 0. The molecule has 0 saturated carbocycles. The van der Waals surface area contributed by atoms with Gasteiger partial charge >= 0.3 is 0 Å². The molecule has 0 saturated heterocycles. The lowest BCUT2D eigenvalue weighted by Gasteiger charge is -2.20. The highest BCUT2D eigenvalue weighted by molar-refractivity contribution is 5.18. The summed E-state index contributed by atoms with van der Waals surface area (Å²) in [5.74, 6) is 0. The third kappa shape index (κ3) is 1.16. The minimum atomic E-state index is -0.0145. The van der Waals surface area contributed by atoms with E-state index in [4.69, 9.17) is 4.74 Å². The molecule has 0 spiro atoms. The van der Waals surface area contributed by atoms with E-state index in [1.165, 1.54) is 5.57 Å². The van der Waals surface area contributed by atoms with Gasteiger partial charge in [0, 0.05) is 0 Å². The van der Waals surface area contributed by atoms with Gasteiger partial charge in [-0.1, -0.05) is 6.08 Å². The fourth-order valence-corrected chi connectivity index (χ4v) is 1.14. The molecule has 0 aromatic heterocycles. The van der Waals surface area contributed by atoms with E-state index in [2.05, 4.69) is 33.8 Å². The van der Waals surface area contributed by atoms with Crippen LogP contribution in [0.1, 0.15) is 27.7 Å². The van der Waals surface area contributed by atoms with Crippen molar-refractivity contribution in [2.45, 2.75) is 39.4 Å². The number of ether oxygens (including phenoxy) is 1. The van der Waals surface area contributed by atoms with Crippen LogP contribution in [0.2, 0.25) is 0 Å². The smallest absolute Gasteiger partial charge is 0.0841 e. The third-order valence-corrected chi connectivity index (χ3v) is 1.91. The predicted octanol–water partition coefficient (Wildman–Crippen LogP) is 2.13. The van der Waals surface area contributed by atoms with Crippen LogP contribution in [0.5, 0.6) is 0 Å². The molecule has 0 bridgehead atoms. The van der Waals surface area contributed by atoms with Crippen LogP contribution in [0.25, 0.3) is 0 Å². The van der Waals surface area contributed by atoms with Crippen LogP contribution in [-0.4, -0.2) is 11.7 Å². The fraction of sp³-hybridized carbons (Fsp3) is 0.750. The zero-order valence-electron chi connectivity index (χ0n) is 6.56. The number of rotatable bonds is 0. The Bertz CT molecular complexity index is 145. The van der Waals surface area contributed by atoms with Gasteiger partial charge in [-0.2, -0.15) is 0 Å². The quantitative estimate of drug-likeness (QED) is 0.452. The van der Waals surface area contributed by atoms with Gasteiger partial charge in [0.15, 0.2) is 0 Å². The Kier molecular flexibility index (Phi) is 1.39. The lowest BCUT2D eigenvalue weighted by Crippen LogP contribution is -2.22. The monoisotopic (exact) mass is 126 g/mol. The highest BCUT2D eigenvalue weighted by atomic mass is 16.5. The Hall–Kier alpha value is -0.300. The molecule has 1 aliphatic heterocycles. The molecule has 0 amide bonds. The molecule has 0 aromatic rings. The molecule has 1 unspecified atom stereocenters. The van der Waals surface area contributed by atoms with Gasteiger partial charge in [-0.25, -0.2) is 0 Å². The zero-order valence-corrected chi connectivity index (χ0v) is 6.56. The van der Waals surface area contributed by atoms with E-state index < -0.39 is 0 Å². The average molecular weight is 126 g/mol. The summed E-state index contributed by atoms with van der Waals surface area (Å²) in [6.45, 7) is 8.38. The van der Waals surface area contributed by atoms with Crippen LogP contribution < -0.4 is 0 Å². The minimum absolute atomic E-state index is 0.0145. The van der Waals surface area contributed by atoms with Gasteiger partial charge in [-0.15, -0.1) is 0 Å². The van der Waals surface area contributed by atoms with Crippen molar-refractivity contribution in [2.24, 2.45) is 0 Å². The Balaban J connectivity index is 2.76. The molecule has 9 heavy (non-hydrogen) atoms. The number of hydrogen-bond acceptors (Lipinski definition) is 1. The van der Waals surface area contributed by atoms with Crippen molar-refractivity contribution in [1.29, 1.82) is 0 Å². The van der Waals surface area contributed by atoms with E-state index in [0.717, 1.165) is 0 Å². The van der Waals surface area contributed by atoms with Crippen molar-refractivity contribution in [3.8, 4) is 0 Å². The molecule has 1 rings (SSSR count). The summed E-state index contributed by atoms with van der Waals surface area (Å²) in [5, 5.41) is 0. The minimum Gasteiger partial charge on any atom is -0.364 e. The first kappa shape index (κ1) is 6.81. The fourth-order valence-electron chi connectivity index (χ4n) is 1.14. The lowest BCUT2D eigenvalue weighted by atomic mass is 10.0. The molecule has 1 atom stereocenters. The van der Waals surface area contributed by atoms with Gasteiger partial charge in [0.05, 0.1) is 11.7 Å². The van der Waals surface area contributed by atoms with Crippen molar-refractivity contribution in [3.63, 3.8) is 0 Å².